The number of carboxylic acids is 1. The third kappa shape index (κ3) is 7.58. The normalized spacial score (nSPS) is 23.0. The number of hydrogen-bond donors (Lipinski definition) is 3. The molecular formula is C43H47Cl2FN6O5. The number of carbonyl (C=O) groups is 2. The molecule has 3 fully saturated rings. The van der Waals surface area contributed by atoms with Crippen molar-refractivity contribution in [3.8, 4) is 16.9 Å². The number of halogens is 3. The highest BCUT2D eigenvalue weighted by Gasteiger charge is 2.57. The van der Waals surface area contributed by atoms with E-state index in [9.17, 15) is 19.8 Å². The standard InChI is InChI=1S/C43H47Cl2FN6O5/c1-41(56)24-52(25-41)21-27-20-47-32(19-35(27)57-3)30(46)18-26-6-4-7-28(36(26)44)29-8-5-9-31(37(29)45)49-39(53)38-48-33-22-51(16-10-34(33)50(38)2)17-15-42-11-13-43(23-42,14-12-42)40(54)55/h4-9,18-20,56H,10-17,21-25H2,1-3H3,(H,49,53)(H,54,55)/b30-18-. The number of amides is 1. The second-order valence-electron chi connectivity index (χ2n) is 16.8. The number of aromatic nitrogens is 3. The number of carbonyl (C=O) groups excluding carboxylic acids is 1. The zero-order valence-corrected chi connectivity index (χ0v) is 33.9. The van der Waals surface area contributed by atoms with Crippen LogP contribution in [0, 0.1) is 10.8 Å². The van der Waals surface area contributed by atoms with Crippen molar-refractivity contribution in [1.82, 2.24) is 24.3 Å². The van der Waals surface area contributed by atoms with E-state index in [0.717, 1.165) is 75.0 Å². The van der Waals surface area contributed by atoms with E-state index in [4.69, 9.17) is 32.9 Å². The van der Waals surface area contributed by atoms with Crippen molar-refractivity contribution >= 4 is 52.7 Å². The summed E-state index contributed by atoms with van der Waals surface area (Å²) in [7, 11) is 3.38. The van der Waals surface area contributed by atoms with Crippen LogP contribution in [0.3, 0.4) is 0 Å². The van der Waals surface area contributed by atoms with Crippen LogP contribution >= 0.6 is 23.2 Å². The Labute approximate surface area is 341 Å². The molecule has 2 bridgehead atoms. The van der Waals surface area contributed by atoms with E-state index in [-0.39, 0.29) is 27.0 Å². The summed E-state index contributed by atoms with van der Waals surface area (Å²) >= 11 is 13.8. The first-order valence-corrected chi connectivity index (χ1v) is 20.2. The van der Waals surface area contributed by atoms with Gasteiger partial charge in [0.05, 0.1) is 39.6 Å². The second-order valence-corrected chi connectivity index (χ2v) is 17.5. The molecule has 14 heteroatoms. The number of β-amino-alcohol motifs (C(OH)–C–C–N with tert-alkyl or cyclic N) is 1. The second kappa shape index (κ2) is 15.1. The molecule has 1 amide bonds. The molecule has 11 nitrogen and oxygen atoms in total. The van der Waals surface area contributed by atoms with Crippen molar-refractivity contribution in [3.63, 3.8) is 0 Å². The Balaban J connectivity index is 0.947. The predicted molar refractivity (Wildman–Crippen MR) is 218 cm³/mol. The minimum absolute atomic E-state index is 0.0881. The van der Waals surface area contributed by atoms with E-state index < -0.39 is 28.7 Å². The Morgan fingerprint density at radius 2 is 1.77 bits per heavy atom. The number of nitrogens with zero attached hydrogens (tertiary/aromatic N) is 5. The van der Waals surface area contributed by atoms with Crippen LogP contribution in [0.5, 0.6) is 5.75 Å². The van der Waals surface area contributed by atoms with Gasteiger partial charge in [0.1, 0.15) is 17.3 Å². The molecule has 2 aliphatic heterocycles. The Bertz CT molecular complexity index is 2280. The number of ether oxygens (including phenoxy) is 1. The minimum Gasteiger partial charge on any atom is -0.496 e. The van der Waals surface area contributed by atoms with E-state index in [0.29, 0.717) is 54.3 Å². The van der Waals surface area contributed by atoms with Gasteiger partial charge in [-0.05, 0) is 75.1 Å². The van der Waals surface area contributed by atoms with Crippen molar-refractivity contribution in [2.45, 2.75) is 70.6 Å². The largest absolute Gasteiger partial charge is 0.496 e. The average molecular weight is 818 g/mol. The van der Waals surface area contributed by atoms with Crippen LogP contribution in [0.25, 0.3) is 23.0 Å². The van der Waals surface area contributed by atoms with Gasteiger partial charge in [-0.1, -0.05) is 53.5 Å². The highest BCUT2D eigenvalue weighted by molar-refractivity contribution is 6.39. The summed E-state index contributed by atoms with van der Waals surface area (Å²) in [5.41, 5.74) is 3.58. The number of hydrogen-bond acceptors (Lipinski definition) is 8. The first-order chi connectivity index (χ1) is 27.2. The number of rotatable bonds is 12. The van der Waals surface area contributed by atoms with Gasteiger partial charge >= 0.3 is 5.97 Å². The number of benzene rings is 2. The Hall–Kier alpha value is -4.33. The molecule has 0 spiro atoms. The lowest BCUT2D eigenvalue weighted by molar-refractivity contribution is -0.148. The molecule has 0 unspecified atom stereocenters. The maximum absolute atomic E-state index is 15.7. The van der Waals surface area contributed by atoms with Gasteiger partial charge < -0.3 is 24.8 Å². The van der Waals surface area contributed by atoms with Gasteiger partial charge in [-0.2, -0.15) is 0 Å². The summed E-state index contributed by atoms with van der Waals surface area (Å²) in [6, 6.07) is 12.1. The molecule has 2 saturated carbocycles. The van der Waals surface area contributed by atoms with Gasteiger partial charge in [-0.15, -0.1) is 0 Å². The van der Waals surface area contributed by atoms with E-state index in [1.54, 1.807) is 55.6 Å². The number of imidazole rings is 1. The number of anilines is 1. The van der Waals surface area contributed by atoms with Crippen LogP contribution in [0.15, 0.2) is 48.7 Å². The lowest BCUT2D eigenvalue weighted by atomic mass is 9.80. The summed E-state index contributed by atoms with van der Waals surface area (Å²) in [4.78, 5) is 39.2. The highest BCUT2D eigenvalue weighted by Crippen LogP contribution is 2.63. The minimum atomic E-state index is -0.708. The molecule has 2 aromatic carbocycles. The molecule has 4 heterocycles. The number of carboxylic acid groups (broad SMARTS) is 1. The van der Waals surface area contributed by atoms with Crippen LogP contribution in [0.1, 0.15) is 84.3 Å². The number of likely N-dealkylation sites (tertiary alicyclic amines) is 1. The summed E-state index contributed by atoms with van der Waals surface area (Å²) in [6.07, 6.45) is 8.97. The maximum atomic E-state index is 15.7. The summed E-state index contributed by atoms with van der Waals surface area (Å²) < 4.78 is 23.1. The number of pyridine rings is 1. The maximum Gasteiger partial charge on any atom is 0.309 e. The lowest BCUT2D eigenvalue weighted by Crippen LogP contribution is -2.59. The van der Waals surface area contributed by atoms with Gasteiger partial charge in [0.15, 0.2) is 5.82 Å². The van der Waals surface area contributed by atoms with Gasteiger partial charge in [-0.25, -0.2) is 9.37 Å². The van der Waals surface area contributed by atoms with E-state index >= 15 is 4.39 Å². The zero-order valence-electron chi connectivity index (χ0n) is 32.4. The average Bonchev–Trinajstić information content (AvgIpc) is 3.86. The predicted octanol–water partition coefficient (Wildman–Crippen LogP) is 7.87. The molecule has 3 N–H and O–H groups in total. The van der Waals surface area contributed by atoms with Crippen molar-refractivity contribution in [2.75, 3.05) is 38.6 Å². The molecule has 4 aromatic rings. The molecular weight excluding hydrogens is 770 g/mol. The quantitative estimate of drug-likeness (QED) is 0.131. The lowest BCUT2D eigenvalue weighted by Gasteiger charge is -2.44. The van der Waals surface area contributed by atoms with Crippen LogP contribution in [-0.2, 0) is 31.4 Å². The number of aliphatic hydroxyl groups is 1. The fraction of sp³-hybridized carbons (Fsp3) is 0.442. The molecule has 2 aromatic heterocycles. The van der Waals surface area contributed by atoms with Crippen molar-refractivity contribution in [1.29, 1.82) is 0 Å². The molecule has 0 atom stereocenters. The van der Waals surface area contributed by atoms with E-state index in [1.165, 1.54) is 13.2 Å². The number of methoxy groups -OCH3 is 1. The van der Waals surface area contributed by atoms with E-state index in [1.807, 2.05) is 11.6 Å². The first kappa shape index (κ1) is 39.5. The fourth-order valence-corrected chi connectivity index (χ4v) is 10.2. The first-order valence-electron chi connectivity index (χ1n) is 19.4. The Morgan fingerprint density at radius 1 is 1.05 bits per heavy atom. The molecule has 8 rings (SSSR count). The van der Waals surface area contributed by atoms with Gasteiger partial charge in [0.2, 0.25) is 0 Å². The summed E-state index contributed by atoms with van der Waals surface area (Å²) in [6.45, 7) is 5.75. The molecule has 300 valence electrons. The van der Waals surface area contributed by atoms with Crippen LogP contribution in [-0.4, -0.2) is 85.3 Å². The molecule has 2 aliphatic carbocycles. The Kier molecular flexibility index (Phi) is 10.5. The summed E-state index contributed by atoms with van der Waals surface area (Å²) in [5, 5.41) is 23.4. The topological polar surface area (TPSA) is 133 Å². The number of fused-ring (bicyclic) bond motifs is 3. The van der Waals surface area contributed by atoms with Crippen LogP contribution in [0.2, 0.25) is 10.0 Å². The van der Waals surface area contributed by atoms with Crippen molar-refractivity contribution < 1.29 is 28.9 Å². The molecule has 4 aliphatic rings. The van der Waals surface area contributed by atoms with Crippen LogP contribution < -0.4 is 10.1 Å². The highest BCUT2D eigenvalue weighted by atomic mass is 35.5. The Morgan fingerprint density at radius 3 is 2.46 bits per heavy atom. The van der Waals surface area contributed by atoms with Gasteiger partial charge in [0.25, 0.3) is 5.91 Å². The third-order valence-electron chi connectivity index (χ3n) is 12.7. The fourth-order valence-electron chi connectivity index (χ4n) is 9.60. The number of aliphatic carboxylic acids is 1. The summed E-state index contributed by atoms with van der Waals surface area (Å²) in [5.74, 6) is -0.856. The van der Waals surface area contributed by atoms with E-state index in [2.05, 4.69) is 20.1 Å². The SMILES string of the molecule is COc1cc(/C(F)=C/c2cccc(-c3cccc(NC(=O)c4nc5c(n4C)CCN(CCC46CCC(C(=O)O)(CC4)C6)C5)c3Cl)c2Cl)ncc1CN1CC(C)(O)C1. The smallest absolute Gasteiger partial charge is 0.309 e. The third-order valence-corrected chi connectivity index (χ3v) is 13.5. The van der Waals surface area contributed by atoms with Gasteiger partial charge in [0, 0.05) is 80.8 Å². The number of nitrogens with one attached hydrogen (secondary N) is 1. The van der Waals surface area contributed by atoms with Crippen molar-refractivity contribution in [2.24, 2.45) is 17.9 Å². The van der Waals surface area contributed by atoms with Gasteiger partial charge in [-0.3, -0.25) is 24.4 Å². The molecule has 57 heavy (non-hydrogen) atoms. The van der Waals surface area contributed by atoms with Crippen LogP contribution in [0.4, 0.5) is 10.1 Å². The monoisotopic (exact) mass is 816 g/mol. The molecule has 0 radical (unpaired) electrons. The molecule has 1 saturated heterocycles. The zero-order chi connectivity index (χ0) is 40.3. The van der Waals surface area contributed by atoms with Crippen molar-refractivity contribution in [3.05, 3.63) is 92.7 Å².